The van der Waals surface area contributed by atoms with Crippen molar-refractivity contribution in [3.63, 3.8) is 0 Å². The van der Waals surface area contributed by atoms with E-state index in [0.717, 1.165) is 11.1 Å². The minimum atomic E-state index is -0.613. The molecule has 1 amide bonds. The Morgan fingerprint density at radius 3 is 2.60 bits per heavy atom. The monoisotopic (exact) mass is 467 g/mol. The van der Waals surface area contributed by atoms with Crippen molar-refractivity contribution in [2.24, 2.45) is 0 Å². The van der Waals surface area contributed by atoms with Crippen LogP contribution in [0.25, 0.3) is 11.4 Å². The molecular formula is C27H25N5O3. The number of methoxy groups -OCH3 is 1. The second-order valence-corrected chi connectivity index (χ2v) is 8.33. The maximum Gasteiger partial charge on any atom is 0.255 e. The van der Waals surface area contributed by atoms with E-state index in [-0.39, 0.29) is 11.7 Å². The highest BCUT2D eigenvalue weighted by Crippen LogP contribution is 2.38. The zero-order valence-electron chi connectivity index (χ0n) is 19.6. The number of carbonyl (C=O) groups excluding carboxylic acids is 1. The van der Waals surface area contributed by atoms with Gasteiger partial charge in [0, 0.05) is 11.3 Å². The van der Waals surface area contributed by atoms with Crippen LogP contribution in [0.4, 0.5) is 11.6 Å². The zero-order chi connectivity index (χ0) is 24.5. The van der Waals surface area contributed by atoms with Crippen molar-refractivity contribution in [2.45, 2.75) is 19.9 Å². The predicted octanol–water partition coefficient (Wildman–Crippen LogP) is 4.90. The molecule has 2 heterocycles. The molecule has 8 nitrogen and oxygen atoms in total. The van der Waals surface area contributed by atoms with Crippen LogP contribution < -0.4 is 15.4 Å². The maximum atomic E-state index is 13.7. The molecule has 3 N–H and O–H groups in total. The molecule has 1 aliphatic rings. The summed E-state index contributed by atoms with van der Waals surface area (Å²) in [5.41, 5.74) is 4.31. The van der Waals surface area contributed by atoms with Gasteiger partial charge in [-0.1, -0.05) is 48.5 Å². The van der Waals surface area contributed by atoms with Crippen LogP contribution in [0.1, 0.15) is 24.1 Å². The van der Waals surface area contributed by atoms with Crippen LogP contribution in [0.2, 0.25) is 0 Å². The largest absolute Gasteiger partial charge is 0.508 e. The predicted molar refractivity (Wildman–Crippen MR) is 134 cm³/mol. The van der Waals surface area contributed by atoms with Gasteiger partial charge in [0.05, 0.1) is 18.4 Å². The lowest BCUT2D eigenvalue weighted by atomic mass is 9.95. The Hall–Kier alpha value is -4.59. The third-order valence-electron chi connectivity index (χ3n) is 6.02. The fourth-order valence-electron chi connectivity index (χ4n) is 4.32. The number of nitrogens with zero attached hydrogens (tertiary/aromatic N) is 3. The van der Waals surface area contributed by atoms with Crippen LogP contribution in [-0.4, -0.2) is 32.9 Å². The van der Waals surface area contributed by atoms with Crippen LogP contribution in [0.3, 0.4) is 0 Å². The smallest absolute Gasteiger partial charge is 0.255 e. The van der Waals surface area contributed by atoms with Crippen LogP contribution in [0.5, 0.6) is 11.5 Å². The number of aromatic hydroxyl groups is 1. The molecule has 176 valence electrons. The Bertz CT molecular complexity index is 1460. The second-order valence-electron chi connectivity index (χ2n) is 8.33. The number of nitrogens with one attached hydrogen (secondary N) is 2. The number of phenolic OH excluding ortho intramolecular Hbond substituents is 1. The molecule has 5 rings (SSSR count). The van der Waals surface area contributed by atoms with Gasteiger partial charge in [0.1, 0.15) is 17.5 Å². The quantitative estimate of drug-likeness (QED) is 0.386. The Kier molecular flexibility index (Phi) is 5.70. The first-order valence-electron chi connectivity index (χ1n) is 11.2. The number of allylic oxidation sites excluding steroid dienone is 1. The molecule has 0 saturated heterocycles. The summed E-state index contributed by atoms with van der Waals surface area (Å²) in [6, 6.07) is 21.3. The fourth-order valence-corrected chi connectivity index (χ4v) is 4.32. The Morgan fingerprint density at radius 1 is 1.06 bits per heavy atom. The maximum absolute atomic E-state index is 13.7. The number of hydrogen-bond acceptors (Lipinski definition) is 6. The van der Waals surface area contributed by atoms with E-state index in [2.05, 4.69) is 10.6 Å². The van der Waals surface area contributed by atoms with Gasteiger partial charge in [0.25, 0.3) is 5.91 Å². The molecule has 1 aromatic heterocycles. The highest BCUT2D eigenvalue weighted by atomic mass is 16.5. The highest BCUT2D eigenvalue weighted by Gasteiger charge is 2.35. The number of rotatable bonds is 5. The van der Waals surface area contributed by atoms with Crippen LogP contribution >= 0.6 is 0 Å². The molecule has 4 aromatic rings. The number of ether oxygens (including phenoxy) is 1. The number of benzene rings is 3. The summed E-state index contributed by atoms with van der Waals surface area (Å²) in [5.74, 6) is 1.41. The number of anilines is 2. The average Bonchev–Trinajstić information content (AvgIpc) is 3.27. The molecule has 0 spiro atoms. The van der Waals surface area contributed by atoms with Crippen LogP contribution in [0, 0.1) is 6.92 Å². The summed E-state index contributed by atoms with van der Waals surface area (Å²) in [6.07, 6.45) is 0. The number of fused-ring (bicyclic) bond motifs is 1. The Labute approximate surface area is 202 Å². The number of phenols is 1. The minimum absolute atomic E-state index is 0.101. The Morgan fingerprint density at radius 2 is 1.83 bits per heavy atom. The van der Waals surface area contributed by atoms with E-state index in [1.807, 2.05) is 56.3 Å². The number of aryl methyl sites for hydroxylation is 1. The standard InChI is InChI=1S/C27H25N5O3/c1-16-9-4-5-12-20(16)25-30-27-28-17(2)23(26(34)29-21-13-6-7-14-22(21)35-3)24(32(27)31-25)18-10-8-11-19(33)15-18/h4-15,24,33H,1-3H3,(H,29,34)(H,28,30,31). The lowest BCUT2D eigenvalue weighted by Crippen LogP contribution is -2.31. The third-order valence-corrected chi connectivity index (χ3v) is 6.02. The van der Waals surface area contributed by atoms with E-state index in [0.29, 0.717) is 40.0 Å². The first-order chi connectivity index (χ1) is 17.0. The van der Waals surface area contributed by atoms with Gasteiger partial charge in [-0.25, -0.2) is 4.68 Å². The van der Waals surface area contributed by atoms with E-state index < -0.39 is 6.04 Å². The minimum Gasteiger partial charge on any atom is -0.508 e. The summed E-state index contributed by atoms with van der Waals surface area (Å²) in [4.78, 5) is 18.4. The molecule has 3 aromatic carbocycles. The van der Waals surface area contributed by atoms with Crippen LogP contribution in [0.15, 0.2) is 84.1 Å². The normalized spacial score (nSPS) is 14.8. The van der Waals surface area contributed by atoms with Gasteiger partial charge in [0.2, 0.25) is 5.95 Å². The van der Waals surface area contributed by atoms with Crippen molar-refractivity contribution in [3.8, 4) is 22.9 Å². The average molecular weight is 468 g/mol. The molecule has 8 heteroatoms. The summed E-state index contributed by atoms with van der Waals surface area (Å²) >= 11 is 0. The summed E-state index contributed by atoms with van der Waals surface area (Å²) in [6.45, 7) is 3.84. The molecule has 0 bridgehead atoms. The summed E-state index contributed by atoms with van der Waals surface area (Å²) in [5, 5.41) is 21.2. The molecule has 1 unspecified atom stereocenters. The van der Waals surface area contributed by atoms with Gasteiger partial charge in [-0.3, -0.25) is 4.79 Å². The van der Waals surface area contributed by atoms with Crippen molar-refractivity contribution in [1.29, 1.82) is 0 Å². The van der Waals surface area contributed by atoms with Gasteiger partial charge in [-0.15, -0.1) is 5.10 Å². The van der Waals surface area contributed by atoms with Gasteiger partial charge in [0.15, 0.2) is 5.82 Å². The molecule has 0 radical (unpaired) electrons. The fraction of sp³-hybridized carbons (Fsp3) is 0.148. The molecule has 0 fully saturated rings. The lowest BCUT2D eigenvalue weighted by molar-refractivity contribution is -0.113. The number of carbonyl (C=O) groups is 1. The van der Waals surface area contributed by atoms with Crippen molar-refractivity contribution in [3.05, 3.63) is 95.2 Å². The van der Waals surface area contributed by atoms with E-state index in [1.165, 1.54) is 0 Å². The van der Waals surface area contributed by atoms with E-state index in [9.17, 15) is 9.90 Å². The topological polar surface area (TPSA) is 101 Å². The highest BCUT2D eigenvalue weighted by molar-refractivity contribution is 6.06. The van der Waals surface area contributed by atoms with Crippen molar-refractivity contribution < 1.29 is 14.6 Å². The SMILES string of the molecule is COc1ccccc1NC(=O)C1=C(C)Nc2nc(-c3ccccc3C)nn2C1c1cccc(O)c1. The van der Waals surface area contributed by atoms with Crippen molar-refractivity contribution in [1.82, 2.24) is 14.8 Å². The van der Waals surface area contributed by atoms with Gasteiger partial charge in [-0.05, 0) is 49.2 Å². The second kappa shape index (κ2) is 8.98. The van der Waals surface area contributed by atoms with Gasteiger partial charge < -0.3 is 20.5 Å². The van der Waals surface area contributed by atoms with E-state index in [1.54, 1.807) is 42.1 Å². The zero-order valence-corrected chi connectivity index (χ0v) is 19.6. The first-order valence-corrected chi connectivity index (χ1v) is 11.2. The molecule has 1 atom stereocenters. The van der Waals surface area contributed by atoms with Gasteiger partial charge >= 0.3 is 0 Å². The third kappa shape index (κ3) is 4.10. The lowest BCUT2D eigenvalue weighted by Gasteiger charge is -2.29. The van der Waals surface area contributed by atoms with E-state index >= 15 is 0 Å². The summed E-state index contributed by atoms with van der Waals surface area (Å²) < 4.78 is 7.10. The number of aromatic nitrogens is 3. The number of amides is 1. The van der Waals surface area contributed by atoms with Crippen molar-refractivity contribution in [2.75, 3.05) is 17.7 Å². The number of hydrogen-bond donors (Lipinski definition) is 3. The summed E-state index contributed by atoms with van der Waals surface area (Å²) in [7, 11) is 1.56. The first kappa shape index (κ1) is 22.2. The molecule has 35 heavy (non-hydrogen) atoms. The Balaban J connectivity index is 1.62. The molecular weight excluding hydrogens is 442 g/mol. The van der Waals surface area contributed by atoms with Crippen LogP contribution in [-0.2, 0) is 4.79 Å². The molecule has 0 saturated carbocycles. The van der Waals surface area contributed by atoms with Gasteiger partial charge in [-0.2, -0.15) is 4.98 Å². The van der Waals surface area contributed by atoms with E-state index in [4.69, 9.17) is 14.8 Å². The molecule has 1 aliphatic heterocycles. The molecule has 0 aliphatic carbocycles. The number of para-hydroxylation sites is 2. The van der Waals surface area contributed by atoms with Crippen molar-refractivity contribution >= 4 is 17.5 Å².